The van der Waals surface area contributed by atoms with Crippen LogP contribution in [-0.2, 0) is 16.6 Å². The van der Waals surface area contributed by atoms with Crippen LogP contribution in [0.15, 0.2) is 40.2 Å². The second-order valence-electron chi connectivity index (χ2n) is 7.63. The Morgan fingerprint density at radius 2 is 2.13 bits per heavy atom. The van der Waals surface area contributed by atoms with Gasteiger partial charge in [-0.25, -0.2) is 4.99 Å². The number of carbonyl (C=O) groups excluding carboxylic acids is 1. The SMILES string of the molecule is COC(=O)[C@@H]1[C@@H]2c3ccccc3O[C@@]1(C)N=c1s/c(=C/c3cnn(C)c3C)c(=O)n12. The highest BCUT2D eigenvalue weighted by atomic mass is 32.1. The number of aryl methyl sites for hydroxylation is 1. The predicted octanol–water partition coefficient (Wildman–Crippen LogP) is 0.901. The Labute approximate surface area is 175 Å². The van der Waals surface area contributed by atoms with Gasteiger partial charge >= 0.3 is 5.97 Å². The molecule has 1 aromatic carbocycles. The number of benzene rings is 1. The van der Waals surface area contributed by atoms with E-state index in [2.05, 4.69) is 5.10 Å². The van der Waals surface area contributed by atoms with Gasteiger partial charge in [-0.1, -0.05) is 29.5 Å². The third-order valence-electron chi connectivity index (χ3n) is 5.89. The number of hydrogen-bond acceptors (Lipinski definition) is 7. The quantitative estimate of drug-likeness (QED) is 0.571. The summed E-state index contributed by atoms with van der Waals surface area (Å²) in [5.41, 5.74) is 1.23. The zero-order valence-electron chi connectivity index (χ0n) is 16.9. The topological polar surface area (TPSA) is 87.7 Å². The molecule has 0 saturated heterocycles. The highest BCUT2D eigenvalue weighted by molar-refractivity contribution is 7.07. The Morgan fingerprint density at radius 3 is 2.83 bits per heavy atom. The summed E-state index contributed by atoms with van der Waals surface area (Å²) in [6.45, 7) is 3.71. The fourth-order valence-electron chi connectivity index (χ4n) is 4.23. The number of methoxy groups -OCH3 is 1. The van der Waals surface area contributed by atoms with Crippen molar-refractivity contribution in [3.8, 4) is 5.75 Å². The minimum atomic E-state index is -1.16. The van der Waals surface area contributed by atoms with Gasteiger partial charge in [0.2, 0.25) is 5.72 Å². The Balaban J connectivity index is 1.81. The van der Waals surface area contributed by atoms with Crippen LogP contribution >= 0.6 is 11.3 Å². The number of nitrogens with zero attached hydrogens (tertiary/aromatic N) is 4. The van der Waals surface area contributed by atoms with Crippen LogP contribution in [0.2, 0.25) is 0 Å². The summed E-state index contributed by atoms with van der Waals surface area (Å²) < 4.78 is 15.1. The molecule has 2 bridgehead atoms. The van der Waals surface area contributed by atoms with Crippen molar-refractivity contribution in [3.05, 3.63) is 67.0 Å². The van der Waals surface area contributed by atoms with E-state index in [0.717, 1.165) is 16.8 Å². The summed E-state index contributed by atoms with van der Waals surface area (Å²) in [5.74, 6) is -0.616. The molecule has 2 aromatic heterocycles. The van der Waals surface area contributed by atoms with Crippen molar-refractivity contribution in [1.29, 1.82) is 0 Å². The van der Waals surface area contributed by atoms with Crippen LogP contribution in [0.5, 0.6) is 5.75 Å². The van der Waals surface area contributed by atoms with Crippen LogP contribution in [0.3, 0.4) is 0 Å². The van der Waals surface area contributed by atoms with Crippen LogP contribution < -0.4 is 19.6 Å². The fourth-order valence-corrected chi connectivity index (χ4v) is 5.32. The van der Waals surface area contributed by atoms with Crippen molar-refractivity contribution in [2.45, 2.75) is 25.6 Å². The van der Waals surface area contributed by atoms with Gasteiger partial charge in [-0.2, -0.15) is 5.10 Å². The van der Waals surface area contributed by atoms with Gasteiger partial charge in [-0.05, 0) is 26.0 Å². The van der Waals surface area contributed by atoms with Crippen molar-refractivity contribution in [2.24, 2.45) is 18.0 Å². The molecule has 0 unspecified atom stereocenters. The molecule has 154 valence electrons. The highest BCUT2D eigenvalue weighted by Crippen LogP contribution is 2.47. The van der Waals surface area contributed by atoms with E-state index in [1.807, 2.05) is 44.3 Å². The lowest BCUT2D eigenvalue weighted by Gasteiger charge is -2.44. The maximum absolute atomic E-state index is 13.5. The summed E-state index contributed by atoms with van der Waals surface area (Å²) in [7, 11) is 3.19. The number of esters is 1. The number of thiazole rings is 1. The van der Waals surface area contributed by atoms with E-state index in [1.165, 1.54) is 18.4 Å². The normalized spacial score (nSPS) is 24.5. The van der Waals surface area contributed by atoms with Gasteiger partial charge in [0.15, 0.2) is 4.80 Å². The average Bonchev–Trinajstić information content (AvgIpc) is 3.19. The predicted molar refractivity (Wildman–Crippen MR) is 110 cm³/mol. The molecular weight excluding hydrogens is 404 g/mol. The van der Waals surface area contributed by atoms with Crippen LogP contribution in [0.25, 0.3) is 6.08 Å². The molecule has 3 aromatic rings. The number of carbonyl (C=O) groups is 1. The Bertz CT molecular complexity index is 1370. The summed E-state index contributed by atoms with van der Waals surface area (Å²) in [4.78, 5) is 31.5. The van der Waals surface area contributed by atoms with Crippen molar-refractivity contribution < 1.29 is 14.3 Å². The standard InChI is InChI=1S/C21H20N4O4S/c1-11-12(10-22-24(11)3)9-15-18(26)25-17-13-7-5-6-8-14(13)29-21(2,23-20(25)30-15)16(17)19(27)28-4/h5-10,16-17H,1-4H3/b15-9+/t16-,17-,21+/m0/s1. The second-order valence-corrected chi connectivity index (χ2v) is 8.64. The maximum Gasteiger partial charge on any atom is 0.317 e. The fraction of sp³-hybridized carbons (Fsp3) is 0.333. The number of hydrogen-bond donors (Lipinski definition) is 0. The van der Waals surface area contributed by atoms with Crippen molar-refractivity contribution >= 4 is 23.4 Å². The molecule has 0 N–H and O–H groups in total. The lowest BCUT2D eigenvalue weighted by molar-refractivity contribution is -0.158. The van der Waals surface area contributed by atoms with Crippen LogP contribution in [0.4, 0.5) is 0 Å². The Morgan fingerprint density at radius 1 is 1.37 bits per heavy atom. The smallest absolute Gasteiger partial charge is 0.317 e. The Hall–Kier alpha value is -3.20. The van der Waals surface area contributed by atoms with Gasteiger partial charge in [0.25, 0.3) is 5.56 Å². The number of fused-ring (bicyclic) bond motifs is 6. The first kappa shape index (κ1) is 18.8. The van der Waals surface area contributed by atoms with E-state index < -0.39 is 23.7 Å². The number of ether oxygens (including phenoxy) is 2. The summed E-state index contributed by atoms with van der Waals surface area (Å²) in [5, 5.41) is 4.24. The number of rotatable bonds is 2. The molecule has 0 amide bonds. The molecule has 0 fully saturated rings. The molecule has 8 nitrogen and oxygen atoms in total. The van der Waals surface area contributed by atoms with E-state index in [9.17, 15) is 9.59 Å². The van der Waals surface area contributed by atoms with E-state index in [1.54, 1.807) is 22.4 Å². The Kier molecular flexibility index (Phi) is 4.01. The molecule has 2 aliphatic rings. The monoisotopic (exact) mass is 424 g/mol. The first-order valence-electron chi connectivity index (χ1n) is 9.51. The maximum atomic E-state index is 13.5. The van der Waals surface area contributed by atoms with Gasteiger partial charge in [0.1, 0.15) is 11.7 Å². The third-order valence-corrected chi connectivity index (χ3v) is 6.88. The summed E-state index contributed by atoms with van der Waals surface area (Å²) >= 11 is 1.29. The third kappa shape index (κ3) is 2.51. The van der Waals surface area contributed by atoms with Crippen molar-refractivity contribution in [3.63, 3.8) is 0 Å². The number of aromatic nitrogens is 3. The molecular formula is C21H20N4O4S. The molecule has 0 radical (unpaired) electrons. The van der Waals surface area contributed by atoms with Gasteiger partial charge in [0, 0.05) is 23.9 Å². The molecule has 4 heterocycles. The van der Waals surface area contributed by atoms with Gasteiger partial charge < -0.3 is 9.47 Å². The van der Waals surface area contributed by atoms with E-state index in [-0.39, 0.29) is 5.56 Å². The highest BCUT2D eigenvalue weighted by Gasteiger charge is 2.55. The van der Waals surface area contributed by atoms with Crippen LogP contribution in [0.1, 0.15) is 29.8 Å². The molecule has 5 rings (SSSR count). The summed E-state index contributed by atoms with van der Waals surface area (Å²) in [6.07, 6.45) is 3.55. The van der Waals surface area contributed by atoms with Crippen LogP contribution in [0, 0.1) is 12.8 Å². The van der Waals surface area contributed by atoms with Crippen LogP contribution in [-0.4, -0.2) is 33.2 Å². The lowest BCUT2D eigenvalue weighted by Crippen LogP contribution is -2.58. The molecule has 3 atom stereocenters. The molecule has 0 saturated carbocycles. The second kappa shape index (κ2) is 6.40. The average molecular weight is 424 g/mol. The van der Waals surface area contributed by atoms with E-state index >= 15 is 0 Å². The van der Waals surface area contributed by atoms with Crippen molar-refractivity contribution in [1.82, 2.24) is 14.3 Å². The molecule has 0 spiro atoms. The van der Waals surface area contributed by atoms with Crippen molar-refractivity contribution in [2.75, 3.05) is 7.11 Å². The molecule has 9 heteroatoms. The van der Waals surface area contributed by atoms with E-state index in [0.29, 0.717) is 15.1 Å². The minimum absolute atomic E-state index is 0.195. The lowest BCUT2D eigenvalue weighted by atomic mass is 9.81. The number of para-hydroxylation sites is 1. The minimum Gasteiger partial charge on any atom is -0.469 e. The van der Waals surface area contributed by atoms with Gasteiger partial charge in [0.05, 0.1) is 23.9 Å². The zero-order valence-corrected chi connectivity index (χ0v) is 17.8. The molecule has 30 heavy (non-hydrogen) atoms. The zero-order chi connectivity index (χ0) is 21.2. The van der Waals surface area contributed by atoms with Gasteiger partial charge in [-0.15, -0.1) is 0 Å². The molecule has 0 aliphatic carbocycles. The summed E-state index contributed by atoms with van der Waals surface area (Å²) in [6, 6.07) is 6.88. The first-order valence-corrected chi connectivity index (χ1v) is 10.3. The first-order chi connectivity index (χ1) is 14.3. The largest absolute Gasteiger partial charge is 0.469 e. The van der Waals surface area contributed by atoms with E-state index in [4.69, 9.17) is 14.5 Å². The molecule has 2 aliphatic heterocycles. The van der Waals surface area contributed by atoms with Gasteiger partial charge in [-0.3, -0.25) is 18.8 Å².